The van der Waals surface area contributed by atoms with Crippen molar-refractivity contribution >= 4 is 33.2 Å². The van der Waals surface area contributed by atoms with Gasteiger partial charge in [0.25, 0.3) is 15.9 Å². The second-order valence-electron chi connectivity index (χ2n) is 6.51. The number of hydrogen-bond donors (Lipinski definition) is 0. The monoisotopic (exact) mass is 429 g/mol. The summed E-state index contributed by atoms with van der Waals surface area (Å²) in [7, 11) is -4.17. The second-order valence-corrected chi connectivity index (χ2v) is 8.73. The van der Waals surface area contributed by atoms with Crippen molar-refractivity contribution in [3.8, 4) is 5.75 Å². The van der Waals surface area contributed by atoms with Crippen molar-refractivity contribution in [2.45, 2.75) is 18.7 Å². The normalized spacial score (nSPS) is 11.1. The van der Waals surface area contributed by atoms with E-state index in [0.29, 0.717) is 22.0 Å². The largest absolute Gasteiger partial charge is 0.484 e. The maximum atomic E-state index is 13.4. The van der Waals surface area contributed by atoms with Crippen LogP contribution in [0.5, 0.6) is 5.75 Å². The third-order valence-electron chi connectivity index (χ3n) is 4.27. The Labute approximate surface area is 175 Å². The Balaban J connectivity index is 2.02. The molecule has 0 fully saturated rings. The van der Waals surface area contributed by atoms with E-state index in [9.17, 15) is 13.2 Å². The maximum Gasteiger partial charge on any atom is 0.278 e. The number of nitrogens with zero attached hydrogens (tertiary/aromatic N) is 1. The fourth-order valence-electron chi connectivity index (χ4n) is 2.77. The molecule has 0 heterocycles. The Morgan fingerprint density at radius 3 is 2.28 bits per heavy atom. The Bertz CT molecular complexity index is 1110. The number of carbonyl (C=O) groups excluding carboxylic acids is 1. The third-order valence-corrected chi connectivity index (χ3v) is 6.27. The van der Waals surface area contributed by atoms with E-state index in [1.807, 2.05) is 19.1 Å². The van der Waals surface area contributed by atoms with Crippen LogP contribution in [0.4, 0.5) is 5.69 Å². The standard InChI is InChI=1S/C22H20ClNO4S/c1-16-8-9-17(2)21(14-16)24(22(25)15-28-19-6-4-3-5-7-19)29(26,27)20-12-10-18(23)11-13-20/h3-14H,15H2,1-2H3. The molecule has 3 aromatic carbocycles. The van der Waals surface area contributed by atoms with Gasteiger partial charge in [-0.3, -0.25) is 4.79 Å². The Morgan fingerprint density at radius 2 is 1.62 bits per heavy atom. The zero-order chi connectivity index (χ0) is 21.0. The summed E-state index contributed by atoms with van der Waals surface area (Å²) in [6, 6.07) is 19.8. The summed E-state index contributed by atoms with van der Waals surface area (Å²) in [6.07, 6.45) is 0. The highest BCUT2D eigenvalue weighted by Gasteiger charge is 2.32. The van der Waals surface area contributed by atoms with E-state index in [1.165, 1.54) is 24.3 Å². The number of sulfonamides is 1. The number of anilines is 1. The molecule has 0 aliphatic carbocycles. The Morgan fingerprint density at radius 1 is 0.966 bits per heavy atom. The number of carbonyl (C=O) groups is 1. The molecule has 1 amide bonds. The molecule has 0 radical (unpaired) electrons. The molecule has 150 valence electrons. The fraction of sp³-hybridized carbons (Fsp3) is 0.136. The van der Waals surface area contributed by atoms with Gasteiger partial charge in [0, 0.05) is 5.02 Å². The highest BCUT2D eigenvalue weighted by molar-refractivity contribution is 7.93. The minimum Gasteiger partial charge on any atom is -0.484 e. The smallest absolute Gasteiger partial charge is 0.278 e. The predicted octanol–water partition coefficient (Wildman–Crippen LogP) is 4.76. The Kier molecular flexibility index (Phi) is 6.25. The molecule has 0 aromatic heterocycles. The van der Waals surface area contributed by atoms with Crippen LogP contribution >= 0.6 is 11.6 Å². The van der Waals surface area contributed by atoms with E-state index in [2.05, 4.69) is 0 Å². The summed E-state index contributed by atoms with van der Waals surface area (Å²) in [5.41, 5.74) is 1.78. The lowest BCUT2D eigenvalue weighted by Gasteiger charge is -2.24. The second kappa shape index (κ2) is 8.68. The van der Waals surface area contributed by atoms with Crippen molar-refractivity contribution in [1.82, 2.24) is 0 Å². The molecular formula is C22H20ClNO4S. The van der Waals surface area contributed by atoms with Gasteiger partial charge in [-0.2, -0.15) is 4.31 Å². The number of para-hydroxylation sites is 1. The number of halogens is 1. The van der Waals surface area contributed by atoms with Gasteiger partial charge in [0.15, 0.2) is 6.61 Å². The third kappa shape index (κ3) is 4.78. The number of ether oxygens (including phenoxy) is 1. The maximum absolute atomic E-state index is 13.4. The average molecular weight is 430 g/mol. The molecule has 0 unspecified atom stereocenters. The van der Waals surface area contributed by atoms with Crippen molar-refractivity contribution in [1.29, 1.82) is 0 Å². The van der Waals surface area contributed by atoms with Crippen molar-refractivity contribution in [3.05, 3.63) is 88.9 Å². The van der Waals surface area contributed by atoms with E-state index in [4.69, 9.17) is 16.3 Å². The molecule has 7 heteroatoms. The van der Waals surface area contributed by atoms with Crippen LogP contribution in [0.15, 0.2) is 77.7 Å². The van der Waals surface area contributed by atoms with Crippen LogP contribution in [0.1, 0.15) is 11.1 Å². The minimum absolute atomic E-state index is 0.0316. The van der Waals surface area contributed by atoms with Gasteiger partial charge in [-0.1, -0.05) is 41.9 Å². The molecule has 0 N–H and O–H groups in total. The van der Waals surface area contributed by atoms with Crippen LogP contribution < -0.4 is 9.04 Å². The zero-order valence-electron chi connectivity index (χ0n) is 16.0. The average Bonchev–Trinajstić information content (AvgIpc) is 2.70. The molecule has 3 aromatic rings. The highest BCUT2D eigenvalue weighted by Crippen LogP contribution is 2.29. The molecular weight excluding hydrogens is 410 g/mol. The summed E-state index contributed by atoms with van der Waals surface area (Å²) in [6.45, 7) is 3.16. The van der Waals surface area contributed by atoms with Crippen LogP contribution in [0.2, 0.25) is 5.02 Å². The molecule has 0 aliphatic rings. The minimum atomic E-state index is -4.17. The molecule has 0 aliphatic heterocycles. The van der Waals surface area contributed by atoms with E-state index in [0.717, 1.165) is 9.87 Å². The summed E-state index contributed by atoms with van der Waals surface area (Å²) < 4.78 is 33.1. The van der Waals surface area contributed by atoms with Crippen LogP contribution in [0.3, 0.4) is 0 Å². The van der Waals surface area contributed by atoms with Crippen LogP contribution in [-0.4, -0.2) is 20.9 Å². The lowest BCUT2D eigenvalue weighted by molar-refractivity contribution is -0.119. The van der Waals surface area contributed by atoms with Gasteiger partial charge < -0.3 is 4.74 Å². The molecule has 0 spiro atoms. The molecule has 0 saturated heterocycles. The summed E-state index contributed by atoms with van der Waals surface area (Å²) >= 11 is 5.89. The Hall–Kier alpha value is -2.83. The molecule has 0 bridgehead atoms. The van der Waals surface area contributed by atoms with E-state index in [-0.39, 0.29) is 4.90 Å². The van der Waals surface area contributed by atoms with Gasteiger partial charge in [-0.15, -0.1) is 0 Å². The predicted molar refractivity (Wildman–Crippen MR) is 114 cm³/mol. The van der Waals surface area contributed by atoms with Crippen molar-refractivity contribution in [2.24, 2.45) is 0 Å². The van der Waals surface area contributed by atoms with E-state index in [1.54, 1.807) is 43.3 Å². The van der Waals surface area contributed by atoms with Gasteiger partial charge in [0.2, 0.25) is 0 Å². The van der Waals surface area contributed by atoms with Crippen molar-refractivity contribution in [2.75, 3.05) is 10.9 Å². The topological polar surface area (TPSA) is 63.7 Å². The van der Waals surface area contributed by atoms with Crippen molar-refractivity contribution in [3.63, 3.8) is 0 Å². The van der Waals surface area contributed by atoms with Crippen LogP contribution in [-0.2, 0) is 14.8 Å². The van der Waals surface area contributed by atoms with Gasteiger partial charge >= 0.3 is 0 Å². The van der Waals surface area contributed by atoms with Gasteiger partial charge in [-0.05, 0) is 67.4 Å². The number of rotatable bonds is 6. The van der Waals surface area contributed by atoms with Crippen molar-refractivity contribution < 1.29 is 17.9 Å². The number of aryl methyl sites for hydroxylation is 2. The highest BCUT2D eigenvalue weighted by atomic mass is 35.5. The first-order valence-corrected chi connectivity index (χ1v) is 10.7. The first kappa shape index (κ1) is 20.9. The summed E-state index contributed by atoms with van der Waals surface area (Å²) in [5, 5.41) is 0.404. The molecule has 5 nitrogen and oxygen atoms in total. The molecule has 0 saturated carbocycles. The molecule has 29 heavy (non-hydrogen) atoms. The lowest BCUT2D eigenvalue weighted by Crippen LogP contribution is -2.40. The SMILES string of the molecule is Cc1ccc(C)c(N(C(=O)COc2ccccc2)S(=O)(=O)c2ccc(Cl)cc2)c1. The lowest BCUT2D eigenvalue weighted by atomic mass is 10.1. The van der Waals surface area contributed by atoms with Gasteiger partial charge in [-0.25, -0.2) is 8.42 Å². The number of amides is 1. The zero-order valence-corrected chi connectivity index (χ0v) is 17.6. The first-order valence-electron chi connectivity index (χ1n) is 8.88. The number of benzene rings is 3. The quantitative estimate of drug-likeness (QED) is 0.566. The first-order chi connectivity index (χ1) is 13.8. The molecule has 0 atom stereocenters. The summed E-state index contributed by atoms with van der Waals surface area (Å²) in [4.78, 5) is 13.0. The number of hydrogen-bond acceptors (Lipinski definition) is 4. The van der Waals surface area contributed by atoms with E-state index < -0.39 is 22.5 Å². The summed E-state index contributed by atoms with van der Waals surface area (Å²) in [5.74, 6) is -0.219. The van der Waals surface area contributed by atoms with Gasteiger partial charge in [0.1, 0.15) is 5.75 Å². The van der Waals surface area contributed by atoms with Gasteiger partial charge in [0.05, 0.1) is 10.6 Å². The fourth-order valence-corrected chi connectivity index (χ4v) is 4.36. The van der Waals surface area contributed by atoms with Crippen LogP contribution in [0, 0.1) is 13.8 Å². The molecule has 3 rings (SSSR count). The van der Waals surface area contributed by atoms with Crippen LogP contribution in [0.25, 0.3) is 0 Å². The van der Waals surface area contributed by atoms with E-state index >= 15 is 0 Å².